The maximum Gasteiger partial charge on any atom is 0.149 e. The van der Waals surface area contributed by atoms with E-state index in [0.717, 1.165) is 0 Å². The van der Waals surface area contributed by atoms with E-state index < -0.39 is 0 Å². The van der Waals surface area contributed by atoms with Crippen LogP contribution in [0.2, 0.25) is 0 Å². The van der Waals surface area contributed by atoms with Gasteiger partial charge in [-0.15, -0.1) is 0 Å². The molecule has 0 saturated carbocycles. The molecule has 1 heterocycles. The average Bonchev–Trinajstić information content (AvgIpc) is 2.70. The molecule has 14 heavy (non-hydrogen) atoms. The van der Waals surface area contributed by atoms with Crippen LogP contribution in [0.5, 0.6) is 0 Å². The van der Waals surface area contributed by atoms with Crippen LogP contribution in [0.15, 0.2) is 0 Å². The lowest BCUT2D eigenvalue weighted by Crippen LogP contribution is -2.15. The van der Waals surface area contributed by atoms with Gasteiger partial charge in [-0.25, -0.2) is 4.58 Å². The van der Waals surface area contributed by atoms with Crippen molar-refractivity contribution in [3.8, 4) is 0 Å². The minimum Gasteiger partial charge on any atom is -0.237 e. The Morgan fingerprint density at radius 2 is 1.64 bits per heavy atom. The van der Waals surface area contributed by atoms with E-state index in [-0.39, 0.29) is 0 Å². The monoisotopic (exact) mass is 196 g/mol. The van der Waals surface area contributed by atoms with Crippen LogP contribution in [-0.2, 0) is 0 Å². The van der Waals surface area contributed by atoms with Crippen molar-refractivity contribution in [2.75, 3.05) is 13.1 Å². The average molecular weight is 196 g/mol. The molecule has 0 radical (unpaired) electrons. The molecule has 1 heteroatoms. The summed E-state index contributed by atoms with van der Waals surface area (Å²) in [4.78, 5) is 0. The standard InChI is InChI=1S/C13H26N/c1-3-4-5-6-7-10-13(2)14-11-8-9-12-14/h3-12H2,1-2H3/q+1. The molecular formula is C13H26N+. The summed E-state index contributed by atoms with van der Waals surface area (Å²) in [6.07, 6.45) is 11.2. The third-order valence-corrected chi connectivity index (χ3v) is 3.29. The molecule has 82 valence electrons. The second-order valence-electron chi connectivity index (χ2n) is 4.59. The van der Waals surface area contributed by atoms with Crippen LogP contribution < -0.4 is 0 Å². The molecular weight excluding hydrogens is 170 g/mol. The van der Waals surface area contributed by atoms with E-state index in [1.54, 1.807) is 5.71 Å². The number of nitrogens with zero attached hydrogens (tertiary/aromatic N) is 1. The molecule has 1 fully saturated rings. The molecule has 0 aromatic heterocycles. The Hall–Kier alpha value is -0.330. The van der Waals surface area contributed by atoms with Crippen LogP contribution in [0, 0.1) is 0 Å². The largest absolute Gasteiger partial charge is 0.237 e. The number of rotatable bonds is 6. The van der Waals surface area contributed by atoms with Gasteiger partial charge in [0.25, 0.3) is 0 Å². The topological polar surface area (TPSA) is 3.01 Å². The maximum atomic E-state index is 2.58. The van der Waals surface area contributed by atoms with Crippen molar-refractivity contribution in [1.82, 2.24) is 0 Å². The first-order valence-electron chi connectivity index (χ1n) is 6.42. The fourth-order valence-electron chi connectivity index (χ4n) is 2.24. The first kappa shape index (κ1) is 11.7. The van der Waals surface area contributed by atoms with Gasteiger partial charge in [0, 0.05) is 26.2 Å². The molecule has 0 aromatic rings. The molecule has 1 aliphatic rings. The highest BCUT2D eigenvalue weighted by Crippen LogP contribution is 2.08. The zero-order chi connectivity index (χ0) is 10.2. The van der Waals surface area contributed by atoms with Gasteiger partial charge in [-0.1, -0.05) is 32.6 Å². The predicted molar refractivity (Wildman–Crippen MR) is 63.3 cm³/mol. The highest BCUT2D eigenvalue weighted by molar-refractivity contribution is 5.76. The van der Waals surface area contributed by atoms with E-state index >= 15 is 0 Å². The van der Waals surface area contributed by atoms with Gasteiger partial charge in [-0.2, -0.15) is 0 Å². The van der Waals surface area contributed by atoms with Crippen LogP contribution >= 0.6 is 0 Å². The summed E-state index contributed by atoms with van der Waals surface area (Å²) >= 11 is 0. The van der Waals surface area contributed by atoms with Crippen molar-refractivity contribution in [2.24, 2.45) is 0 Å². The normalized spacial score (nSPS) is 16.3. The van der Waals surface area contributed by atoms with E-state index in [2.05, 4.69) is 18.4 Å². The molecule has 0 N–H and O–H groups in total. The van der Waals surface area contributed by atoms with E-state index in [0.29, 0.717) is 0 Å². The Balaban J connectivity index is 2.08. The van der Waals surface area contributed by atoms with Crippen molar-refractivity contribution < 1.29 is 4.58 Å². The molecule has 0 spiro atoms. The second kappa shape index (κ2) is 7.03. The predicted octanol–water partition coefficient (Wildman–Crippen LogP) is 3.61. The number of unbranched alkanes of at least 4 members (excludes halogenated alkanes) is 4. The molecule has 0 atom stereocenters. The Kier molecular flexibility index (Phi) is 5.89. The summed E-state index contributed by atoms with van der Waals surface area (Å²) < 4.78 is 2.58. The van der Waals surface area contributed by atoms with Gasteiger partial charge < -0.3 is 0 Å². The van der Waals surface area contributed by atoms with Crippen LogP contribution in [-0.4, -0.2) is 23.4 Å². The molecule has 0 bridgehead atoms. The van der Waals surface area contributed by atoms with E-state index in [1.165, 1.54) is 64.5 Å². The van der Waals surface area contributed by atoms with E-state index in [9.17, 15) is 0 Å². The minimum atomic E-state index is 1.32. The van der Waals surface area contributed by atoms with Crippen molar-refractivity contribution in [3.05, 3.63) is 0 Å². The van der Waals surface area contributed by atoms with Crippen molar-refractivity contribution in [2.45, 2.75) is 65.2 Å². The zero-order valence-electron chi connectivity index (χ0n) is 10.0. The van der Waals surface area contributed by atoms with Gasteiger partial charge >= 0.3 is 0 Å². The van der Waals surface area contributed by atoms with Gasteiger partial charge in [0.2, 0.25) is 0 Å². The van der Waals surface area contributed by atoms with Gasteiger partial charge in [-0.05, 0) is 6.42 Å². The molecule has 1 rings (SSSR count). The number of hydrogen-bond acceptors (Lipinski definition) is 0. The SMILES string of the molecule is CCCCCCCC(C)=[N+]1CCCC1. The highest BCUT2D eigenvalue weighted by atomic mass is 15.0. The summed E-state index contributed by atoms with van der Waals surface area (Å²) in [6, 6.07) is 0. The Bertz CT molecular complexity index is 174. The first-order chi connectivity index (χ1) is 6.84. The van der Waals surface area contributed by atoms with Gasteiger partial charge in [0.15, 0.2) is 0 Å². The Morgan fingerprint density at radius 3 is 2.29 bits per heavy atom. The summed E-state index contributed by atoms with van der Waals surface area (Å²) in [6.45, 7) is 7.24. The van der Waals surface area contributed by atoms with Gasteiger partial charge in [0.05, 0.1) is 0 Å². The summed E-state index contributed by atoms with van der Waals surface area (Å²) in [7, 11) is 0. The first-order valence-corrected chi connectivity index (χ1v) is 6.42. The molecule has 0 unspecified atom stereocenters. The van der Waals surface area contributed by atoms with Crippen LogP contribution in [0.25, 0.3) is 0 Å². The summed E-state index contributed by atoms with van der Waals surface area (Å²) in [5.41, 5.74) is 1.64. The smallest absolute Gasteiger partial charge is 0.149 e. The molecule has 0 aliphatic carbocycles. The van der Waals surface area contributed by atoms with E-state index in [1.807, 2.05) is 0 Å². The van der Waals surface area contributed by atoms with Crippen molar-refractivity contribution in [3.63, 3.8) is 0 Å². The molecule has 0 amide bonds. The maximum absolute atomic E-state index is 2.58. The van der Waals surface area contributed by atoms with Gasteiger partial charge in [-0.3, -0.25) is 0 Å². The molecule has 1 nitrogen and oxygen atoms in total. The van der Waals surface area contributed by atoms with Crippen LogP contribution in [0.3, 0.4) is 0 Å². The molecule has 0 aromatic carbocycles. The minimum absolute atomic E-state index is 1.32. The lowest BCUT2D eigenvalue weighted by atomic mass is 10.1. The summed E-state index contributed by atoms with van der Waals surface area (Å²) in [5, 5.41) is 0. The Morgan fingerprint density at radius 1 is 1.00 bits per heavy atom. The zero-order valence-corrected chi connectivity index (χ0v) is 10.0. The third-order valence-electron chi connectivity index (χ3n) is 3.29. The quantitative estimate of drug-likeness (QED) is 0.451. The Labute approximate surface area is 89.2 Å². The fraction of sp³-hybridized carbons (Fsp3) is 0.923. The number of hydrogen-bond donors (Lipinski definition) is 0. The van der Waals surface area contributed by atoms with Crippen molar-refractivity contribution in [1.29, 1.82) is 0 Å². The molecule has 1 aliphatic heterocycles. The van der Waals surface area contributed by atoms with Crippen molar-refractivity contribution >= 4 is 5.71 Å². The second-order valence-corrected chi connectivity index (χ2v) is 4.59. The third kappa shape index (κ3) is 4.26. The van der Waals surface area contributed by atoms with Gasteiger partial charge in [0.1, 0.15) is 18.8 Å². The fourth-order valence-corrected chi connectivity index (χ4v) is 2.24. The lowest BCUT2D eigenvalue weighted by Gasteiger charge is -2.01. The summed E-state index contributed by atoms with van der Waals surface area (Å²) in [5.74, 6) is 0. The molecule has 1 saturated heterocycles. The van der Waals surface area contributed by atoms with Crippen LogP contribution in [0.1, 0.15) is 65.2 Å². The van der Waals surface area contributed by atoms with E-state index in [4.69, 9.17) is 0 Å². The lowest BCUT2D eigenvalue weighted by molar-refractivity contribution is -0.507. The highest BCUT2D eigenvalue weighted by Gasteiger charge is 2.15. The van der Waals surface area contributed by atoms with Crippen LogP contribution in [0.4, 0.5) is 0 Å².